The predicted octanol–water partition coefficient (Wildman–Crippen LogP) is 1.83. The summed E-state index contributed by atoms with van der Waals surface area (Å²) < 4.78 is 0. The molecule has 1 aromatic carbocycles. The molecule has 0 atom stereocenters. The van der Waals surface area contributed by atoms with E-state index in [4.69, 9.17) is 5.73 Å². The number of hydrogen-bond acceptors (Lipinski definition) is 3. The van der Waals surface area contributed by atoms with E-state index >= 15 is 0 Å². The Balaban J connectivity index is 2.38. The number of carbonyl (C=O) groups excluding carboxylic acids is 1. The number of nitrogen functional groups attached to an aromatic ring is 1. The van der Waals surface area contributed by atoms with E-state index in [1.807, 2.05) is 19.9 Å². The summed E-state index contributed by atoms with van der Waals surface area (Å²) in [6.45, 7) is 3.80. The van der Waals surface area contributed by atoms with E-state index in [9.17, 15) is 9.59 Å². The Morgan fingerprint density at radius 1 is 1.26 bits per heavy atom. The van der Waals surface area contributed by atoms with Gasteiger partial charge >= 0.3 is 0 Å². The molecule has 4 N–H and O–H groups in total. The maximum Gasteiger partial charge on any atom is 0.261 e. The lowest BCUT2D eigenvalue weighted by Gasteiger charge is -2.13. The minimum atomic E-state index is -0.470. The van der Waals surface area contributed by atoms with E-state index in [2.05, 4.69) is 10.3 Å². The smallest absolute Gasteiger partial charge is 0.261 e. The van der Waals surface area contributed by atoms with Gasteiger partial charge in [-0.05, 0) is 31.0 Å². The summed E-state index contributed by atoms with van der Waals surface area (Å²) in [4.78, 5) is 26.4. The first-order valence-corrected chi connectivity index (χ1v) is 5.85. The number of aromatic nitrogens is 1. The number of H-pyrrole nitrogens is 1. The van der Waals surface area contributed by atoms with Crippen molar-refractivity contribution in [3.05, 3.63) is 57.5 Å². The molecule has 0 saturated carbocycles. The molecule has 0 spiro atoms. The first-order valence-electron chi connectivity index (χ1n) is 5.85. The molecule has 5 nitrogen and oxygen atoms in total. The summed E-state index contributed by atoms with van der Waals surface area (Å²) in [5.41, 5.74) is 8.51. The fourth-order valence-corrected chi connectivity index (χ4v) is 1.78. The van der Waals surface area contributed by atoms with Crippen molar-refractivity contribution in [3.63, 3.8) is 0 Å². The monoisotopic (exact) mass is 257 g/mol. The Morgan fingerprint density at radius 2 is 2.00 bits per heavy atom. The molecule has 0 aliphatic heterocycles. The number of hydrogen-bond donors (Lipinski definition) is 3. The normalized spacial score (nSPS) is 10.2. The lowest BCUT2D eigenvalue weighted by atomic mass is 10.1. The van der Waals surface area contributed by atoms with Crippen LogP contribution in [0.25, 0.3) is 0 Å². The minimum Gasteiger partial charge on any atom is -0.397 e. The van der Waals surface area contributed by atoms with Crippen molar-refractivity contribution >= 4 is 17.3 Å². The molecule has 0 fully saturated rings. The molecule has 0 saturated heterocycles. The van der Waals surface area contributed by atoms with Gasteiger partial charge in [-0.15, -0.1) is 0 Å². The number of pyridine rings is 1. The first-order chi connectivity index (χ1) is 9.00. The van der Waals surface area contributed by atoms with Crippen LogP contribution < -0.4 is 16.5 Å². The lowest BCUT2D eigenvalue weighted by molar-refractivity contribution is 0.102. The van der Waals surface area contributed by atoms with E-state index in [1.165, 1.54) is 18.5 Å². The summed E-state index contributed by atoms with van der Waals surface area (Å²) in [6.07, 6.45) is 2.85. The molecule has 0 unspecified atom stereocenters. The van der Waals surface area contributed by atoms with E-state index in [-0.39, 0.29) is 11.0 Å². The highest BCUT2D eigenvalue weighted by Crippen LogP contribution is 2.26. The summed E-state index contributed by atoms with van der Waals surface area (Å²) in [7, 11) is 0. The fraction of sp³-hybridized carbons (Fsp3) is 0.143. The van der Waals surface area contributed by atoms with Crippen LogP contribution in [0.15, 0.2) is 35.4 Å². The lowest BCUT2D eigenvalue weighted by Crippen LogP contribution is -2.22. The Morgan fingerprint density at radius 3 is 2.68 bits per heavy atom. The number of nitrogens with one attached hydrogen (secondary N) is 2. The highest BCUT2D eigenvalue weighted by molar-refractivity contribution is 6.06. The van der Waals surface area contributed by atoms with Crippen LogP contribution in [0.4, 0.5) is 11.4 Å². The van der Waals surface area contributed by atoms with E-state index in [0.29, 0.717) is 11.4 Å². The van der Waals surface area contributed by atoms with Gasteiger partial charge in [0, 0.05) is 18.5 Å². The van der Waals surface area contributed by atoms with Crippen molar-refractivity contribution in [2.45, 2.75) is 13.8 Å². The molecule has 19 heavy (non-hydrogen) atoms. The van der Waals surface area contributed by atoms with Gasteiger partial charge in [-0.2, -0.15) is 0 Å². The third-order valence-electron chi connectivity index (χ3n) is 3.08. The molecule has 1 amide bonds. The van der Waals surface area contributed by atoms with Gasteiger partial charge in [-0.1, -0.05) is 6.07 Å². The molecule has 0 bridgehead atoms. The van der Waals surface area contributed by atoms with Crippen molar-refractivity contribution in [1.29, 1.82) is 0 Å². The number of rotatable bonds is 2. The highest BCUT2D eigenvalue weighted by atomic mass is 16.2. The molecule has 1 aromatic heterocycles. The Labute approximate surface area is 110 Å². The summed E-state index contributed by atoms with van der Waals surface area (Å²) in [6, 6.07) is 4.92. The zero-order valence-corrected chi connectivity index (χ0v) is 10.8. The van der Waals surface area contributed by atoms with E-state index < -0.39 is 5.91 Å². The van der Waals surface area contributed by atoms with Crippen LogP contribution in [-0.2, 0) is 0 Å². The molecule has 5 heteroatoms. The Bertz CT molecular complexity index is 689. The quantitative estimate of drug-likeness (QED) is 0.717. The fourth-order valence-electron chi connectivity index (χ4n) is 1.78. The average molecular weight is 257 g/mol. The van der Waals surface area contributed by atoms with Crippen molar-refractivity contribution in [2.24, 2.45) is 0 Å². The van der Waals surface area contributed by atoms with Crippen LogP contribution in [0.1, 0.15) is 21.5 Å². The molecule has 1 heterocycles. The van der Waals surface area contributed by atoms with E-state index in [1.54, 1.807) is 6.07 Å². The third-order valence-corrected chi connectivity index (χ3v) is 3.08. The van der Waals surface area contributed by atoms with Gasteiger partial charge in [0.1, 0.15) is 5.56 Å². The zero-order valence-electron chi connectivity index (χ0n) is 10.8. The topological polar surface area (TPSA) is 88.0 Å². The van der Waals surface area contributed by atoms with Crippen LogP contribution in [-0.4, -0.2) is 10.9 Å². The maximum absolute atomic E-state index is 12.1. The predicted molar refractivity (Wildman–Crippen MR) is 75.3 cm³/mol. The summed E-state index contributed by atoms with van der Waals surface area (Å²) in [5.74, 6) is -0.470. The highest BCUT2D eigenvalue weighted by Gasteiger charge is 2.13. The Kier molecular flexibility index (Phi) is 3.37. The number of aryl methyl sites for hydroxylation is 1. The molecular weight excluding hydrogens is 242 g/mol. The van der Waals surface area contributed by atoms with Crippen LogP contribution >= 0.6 is 0 Å². The largest absolute Gasteiger partial charge is 0.397 e. The number of amides is 1. The zero-order chi connectivity index (χ0) is 14.0. The second-order valence-corrected chi connectivity index (χ2v) is 4.35. The molecular formula is C14H15N3O2. The number of aromatic amines is 1. The third kappa shape index (κ3) is 2.49. The maximum atomic E-state index is 12.1. The first kappa shape index (κ1) is 12.9. The average Bonchev–Trinajstić information content (AvgIpc) is 2.39. The molecule has 0 aliphatic rings. The van der Waals surface area contributed by atoms with Gasteiger partial charge in [-0.25, -0.2) is 0 Å². The van der Waals surface area contributed by atoms with E-state index in [0.717, 1.165) is 11.1 Å². The molecule has 0 aliphatic carbocycles. The second kappa shape index (κ2) is 4.97. The molecule has 0 radical (unpaired) electrons. The van der Waals surface area contributed by atoms with Gasteiger partial charge < -0.3 is 16.0 Å². The van der Waals surface area contributed by atoms with Gasteiger partial charge in [0.05, 0.1) is 11.4 Å². The van der Waals surface area contributed by atoms with Crippen molar-refractivity contribution in [1.82, 2.24) is 4.98 Å². The Hall–Kier alpha value is -2.56. The molecule has 98 valence electrons. The van der Waals surface area contributed by atoms with Gasteiger partial charge in [0.15, 0.2) is 5.43 Å². The van der Waals surface area contributed by atoms with Gasteiger partial charge in [0.25, 0.3) is 5.91 Å². The molecule has 2 rings (SSSR count). The van der Waals surface area contributed by atoms with Crippen LogP contribution in [0, 0.1) is 13.8 Å². The van der Waals surface area contributed by atoms with Crippen molar-refractivity contribution in [2.75, 3.05) is 11.1 Å². The number of anilines is 2. The van der Waals surface area contributed by atoms with Crippen LogP contribution in [0.2, 0.25) is 0 Å². The van der Waals surface area contributed by atoms with Crippen molar-refractivity contribution in [3.8, 4) is 0 Å². The number of benzene rings is 1. The number of nitrogens with two attached hydrogens (primary N) is 1. The van der Waals surface area contributed by atoms with Gasteiger partial charge in [-0.3, -0.25) is 9.59 Å². The van der Waals surface area contributed by atoms with Gasteiger partial charge in [0.2, 0.25) is 0 Å². The van der Waals surface area contributed by atoms with Crippen molar-refractivity contribution < 1.29 is 4.79 Å². The standard InChI is InChI=1S/C14H15N3O2/c1-8-3-4-11(15)13(9(8)2)17-14(19)10-7-16-6-5-12(10)18/h3-7H,15H2,1-2H3,(H,16,18)(H,17,19). The van der Waals surface area contributed by atoms with Crippen LogP contribution in [0.3, 0.4) is 0 Å². The number of carbonyl (C=O) groups is 1. The molecule has 2 aromatic rings. The minimum absolute atomic E-state index is 0.0582. The van der Waals surface area contributed by atoms with Crippen LogP contribution in [0.5, 0.6) is 0 Å². The summed E-state index contributed by atoms with van der Waals surface area (Å²) in [5, 5.41) is 2.69. The second-order valence-electron chi connectivity index (χ2n) is 4.35. The SMILES string of the molecule is Cc1ccc(N)c(NC(=O)c2c[nH]ccc2=O)c1C. The summed E-state index contributed by atoms with van der Waals surface area (Å²) >= 11 is 0.